The van der Waals surface area contributed by atoms with Gasteiger partial charge in [-0.25, -0.2) is 4.98 Å². The van der Waals surface area contributed by atoms with E-state index in [4.69, 9.17) is 9.47 Å². The van der Waals surface area contributed by atoms with Crippen LogP contribution in [0.25, 0.3) is 6.08 Å². The fraction of sp³-hybridized carbons (Fsp3) is 0.500. The number of methoxy groups -OCH3 is 3. The standard InChI is InChI=1S/C16H23N3O5/c1-22-14(21)7-5-4-6-10-17-13(20)9-8-12-11-18-16(24-3)19-15(12)23-2/h8-9,11H,4-7,10H2,1-3H3,(H,17,20)/b9-8+. The summed E-state index contributed by atoms with van der Waals surface area (Å²) >= 11 is 0. The Morgan fingerprint density at radius 3 is 2.62 bits per heavy atom. The lowest BCUT2D eigenvalue weighted by Gasteiger charge is -2.05. The van der Waals surface area contributed by atoms with Crippen molar-refractivity contribution in [1.82, 2.24) is 15.3 Å². The van der Waals surface area contributed by atoms with Crippen LogP contribution in [0.5, 0.6) is 11.9 Å². The first-order valence-corrected chi connectivity index (χ1v) is 7.58. The lowest BCUT2D eigenvalue weighted by atomic mass is 10.2. The summed E-state index contributed by atoms with van der Waals surface area (Å²) in [6.45, 7) is 0.542. The minimum Gasteiger partial charge on any atom is -0.480 e. The SMILES string of the molecule is COC(=O)CCCCCNC(=O)/C=C/c1cnc(OC)nc1OC. The summed E-state index contributed by atoms with van der Waals surface area (Å²) < 4.78 is 14.6. The van der Waals surface area contributed by atoms with Crippen molar-refractivity contribution in [1.29, 1.82) is 0 Å². The van der Waals surface area contributed by atoms with Gasteiger partial charge in [-0.2, -0.15) is 4.98 Å². The summed E-state index contributed by atoms with van der Waals surface area (Å²) in [5.41, 5.74) is 0.575. The third kappa shape index (κ3) is 7.08. The molecule has 1 N–H and O–H groups in total. The zero-order valence-electron chi connectivity index (χ0n) is 14.2. The highest BCUT2D eigenvalue weighted by Crippen LogP contribution is 2.18. The fourth-order valence-electron chi connectivity index (χ4n) is 1.85. The molecule has 0 saturated carbocycles. The van der Waals surface area contributed by atoms with Gasteiger partial charge in [-0.15, -0.1) is 0 Å². The van der Waals surface area contributed by atoms with Crippen LogP contribution in [-0.2, 0) is 14.3 Å². The van der Waals surface area contributed by atoms with E-state index in [1.165, 1.54) is 33.6 Å². The number of nitrogens with one attached hydrogen (secondary N) is 1. The van der Waals surface area contributed by atoms with E-state index in [1.807, 2.05) is 0 Å². The number of esters is 1. The number of unbranched alkanes of at least 4 members (excludes halogenated alkanes) is 2. The lowest BCUT2D eigenvalue weighted by molar-refractivity contribution is -0.140. The highest BCUT2D eigenvalue weighted by molar-refractivity contribution is 5.91. The third-order valence-corrected chi connectivity index (χ3v) is 3.13. The molecule has 0 saturated heterocycles. The molecule has 0 radical (unpaired) electrons. The van der Waals surface area contributed by atoms with Crippen LogP contribution >= 0.6 is 0 Å². The predicted octanol–water partition coefficient (Wildman–Crippen LogP) is 1.36. The van der Waals surface area contributed by atoms with Crippen molar-refractivity contribution in [3.05, 3.63) is 17.8 Å². The summed E-state index contributed by atoms with van der Waals surface area (Å²) in [6.07, 6.45) is 7.28. The molecular weight excluding hydrogens is 314 g/mol. The van der Waals surface area contributed by atoms with Crippen LogP contribution in [0.15, 0.2) is 12.3 Å². The van der Waals surface area contributed by atoms with Crippen LogP contribution in [0.1, 0.15) is 31.2 Å². The van der Waals surface area contributed by atoms with Crippen LogP contribution in [0, 0.1) is 0 Å². The Morgan fingerprint density at radius 1 is 1.17 bits per heavy atom. The molecule has 1 amide bonds. The van der Waals surface area contributed by atoms with Crippen LogP contribution in [-0.4, -0.2) is 49.7 Å². The van der Waals surface area contributed by atoms with Crippen LogP contribution in [0.3, 0.4) is 0 Å². The highest BCUT2D eigenvalue weighted by atomic mass is 16.5. The number of aromatic nitrogens is 2. The number of amides is 1. The number of hydrogen-bond donors (Lipinski definition) is 1. The van der Waals surface area contributed by atoms with Crippen molar-refractivity contribution in [3.8, 4) is 11.9 Å². The van der Waals surface area contributed by atoms with E-state index in [1.54, 1.807) is 6.08 Å². The molecule has 1 rings (SSSR count). The van der Waals surface area contributed by atoms with Gasteiger partial charge in [0, 0.05) is 25.2 Å². The first-order valence-electron chi connectivity index (χ1n) is 7.58. The Morgan fingerprint density at radius 2 is 1.96 bits per heavy atom. The number of nitrogens with zero attached hydrogens (tertiary/aromatic N) is 2. The Labute approximate surface area is 141 Å². The number of carbonyl (C=O) groups is 2. The summed E-state index contributed by atoms with van der Waals surface area (Å²) in [6, 6.07) is 0.195. The highest BCUT2D eigenvalue weighted by Gasteiger charge is 2.06. The van der Waals surface area contributed by atoms with Gasteiger partial charge in [-0.3, -0.25) is 9.59 Å². The first kappa shape index (κ1) is 19.4. The van der Waals surface area contributed by atoms with Crippen molar-refractivity contribution >= 4 is 18.0 Å². The van der Waals surface area contributed by atoms with Gasteiger partial charge in [0.25, 0.3) is 0 Å². The van der Waals surface area contributed by atoms with Crippen LogP contribution in [0.2, 0.25) is 0 Å². The quantitative estimate of drug-likeness (QED) is 0.391. The number of rotatable bonds is 10. The average molecular weight is 337 g/mol. The Balaban J connectivity index is 2.34. The maximum absolute atomic E-state index is 11.7. The van der Waals surface area contributed by atoms with Gasteiger partial charge in [-0.05, 0) is 18.9 Å². The van der Waals surface area contributed by atoms with Gasteiger partial charge in [0.1, 0.15) is 0 Å². The predicted molar refractivity (Wildman–Crippen MR) is 87.7 cm³/mol. The van der Waals surface area contributed by atoms with Crippen LogP contribution < -0.4 is 14.8 Å². The fourth-order valence-corrected chi connectivity index (χ4v) is 1.85. The van der Waals surface area contributed by atoms with E-state index in [9.17, 15) is 9.59 Å². The Hall–Kier alpha value is -2.64. The zero-order chi connectivity index (χ0) is 17.8. The maximum atomic E-state index is 11.7. The van der Waals surface area contributed by atoms with E-state index in [0.717, 1.165) is 19.3 Å². The lowest BCUT2D eigenvalue weighted by Crippen LogP contribution is -2.22. The molecule has 0 unspecified atom stereocenters. The minimum absolute atomic E-state index is 0.195. The Bertz CT molecular complexity index is 575. The smallest absolute Gasteiger partial charge is 0.319 e. The molecule has 132 valence electrons. The molecule has 0 spiro atoms. The van der Waals surface area contributed by atoms with Gasteiger partial charge in [0.05, 0.1) is 26.9 Å². The second-order valence-corrected chi connectivity index (χ2v) is 4.83. The molecule has 1 heterocycles. The normalized spacial score (nSPS) is 10.5. The van der Waals surface area contributed by atoms with Gasteiger partial charge in [-0.1, -0.05) is 6.42 Å². The Kier molecular flexibility index (Phi) is 8.88. The average Bonchev–Trinajstić information content (AvgIpc) is 2.62. The van der Waals surface area contributed by atoms with E-state index in [-0.39, 0.29) is 17.9 Å². The molecule has 0 aliphatic rings. The number of hydrogen-bond acceptors (Lipinski definition) is 7. The van der Waals surface area contributed by atoms with E-state index in [0.29, 0.717) is 24.4 Å². The summed E-state index contributed by atoms with van der Waals surface area (Å²) in [4.78, 5) is 30.7. The van der Waals surface area contributed by atoms with Crippen molar-refractivity contribution in [2.24, 2.45) is 0 Å². The molecule has 8 heteroatoms. The summed E-state index contributed by atoms with van der Waals surface area (Å²) in [5.74, 6) is -0.104. The maximum Gasteiger partial charge on any atom is 0.319 e. The second kappa shape index (κ2) is 11.0. The minimum atomic E-state index is -0.221. The van der Waals surface area contributed by atoms with E-state index >= 15 is 0 Å². The molecule has 0 fully saturated rings. The monoisotopic (exact) mass is 337 g/mol. The van der Waals surface area contributed by atoms with E-state index < -0.39 is 0 Å². The number of carbonyl (C=O) groups excluding carboxylic acids is 2. The molecule has 1 aromatic heterocycles. The third-order valence-electron chi connectivity index (χ3n) is 3.13. The molecule has 0 aliphatic heterocycles. The van der Waals surface area contributed by atoms with Gasteiger partial charge in [0.15, 0.2) is 0 Å². The molecule has 0 bridgehead atoms. The second-order valence-electron chi connectivity index (χ2n) is 4.83. The number of ether oxygens (including phenoxy) is 3. The molecular formula is C16H23N3O5. The van der Waals surface area contributed by atoms with Crippen LogP contribution in [0.4, 0.5) is 0 Å². The molecule has 0 aliphatic carbocycles. The van der Waals surface area contributed by atoms with Crippen molar-refractivity contribution < 1.29 is 23.8 Å². The molecule has 0 atom stereocenters. The zero-order valence-corrected chi connectivity index (χ0v) is 14.2. The largest absolute Gasteiger partial charge is 0.480 e. The molecule has 0 aromatic carbocycles. The molecule has 24 heavy (non-hydrogen) atoms. The van der Waals surface area contributed by atoms with E-state index in [2.05, 4.69) is 20.0 Å². The summed E-state index contributed by atoms with van der Waals surface area (Å²) in [5, 5.41) is 2.77. The van der Waals surface area contributed by atoms with Gasteiger partial charge < -0.3 is 19.5 Å². The van der Waals surface area contributed by atoms with Crippen molar-refractivity contribution in [2.75, 3.05) is 27.9 Å². The summed E-state index contributed by atoms with van der Waals surface area (Å²) in [7, 11) is 4.31. The molecule has 1 aromatic rings. The topological polar surface area (TPSA) is 99.6 Å². The van der Waals surface area contributed by atoms with Crippen molar-refractivity contribution in [2.45, 2.75) is 25.7 Å². The van der Waals surface area contributed by atoms with Crippen molar-refractivity contribution in [3.63, 3.8) is 0 Å². The molecule has 8 nitrogen and oxygen atoms in total. The first-order chi connectivity index (χ1) is 11.6. The van der Waals surface area contributed by atoms with Gasteiger partial charge in [0.2, 0.25) is 11.8 Å². The van der Waals surface area contributed by atoms with Gasteiger partial charge >= 0.3 is 12.0 Å².